The molecule has 4 aliphatic carbocycles. The number of esters is 1. The van der Waals surface area contributed by atoms with E-state index in [2.05, 4.69) is 13.8 Å². The summed E-state index contributed by atoms with van der Waals surface area (Å²) in [7, 11) is 2.93. The molecule has 9 rings (SSSR count). The third kappa shape index (κ3) is 9.81. The van der Waals surface area contributed by atoms with Gasteiger partial charge in [0.25, 0.3) is 0 Å². The van der Waals surface area contributed by atoms with Crippen molar-refractivity contribution < 1.29 is 108 Å². The van der Waals surface area contributed by atoms with Gasteiger partial charge in [0.2, 0.25) is 6.29 Å². The van der Waals surface area contributed by atoms with Gasteiger partial charge in [-0.1, -0.05) is 13.8 Å². The molecule has 22 nitrogen and oxygen atoms in total. The second kappa shape index (κ2) is 21.4. The SMILES string of the molecule is CO[C@@H]1[C@@H](O)[C@H](O[C@H]2[C@@H](OC)C[C@H](O[C@H]3CC[C@@]4(C)[C@H](CC[C@@H]5[C@@H]4CC[C@]4(C)[C@@H](C6=CC(=O)OC6)CC[C@]54O)C3)O[C@@H]2C)O[C@H](C)[C@@H]1OO[C@@H]1O[C@H](CO[C@@H]2O[C@H](CO)[C@@H](O)[C@H](O)[C@H]2O)[C@@H](O)[C@H](O)[C@H]1O. The van der Waals surface area contributed by atoms with E-state index in [1.54, 1.807) is 20.1 Å². The Morgan fingerprint density at radius 1 is 0.662 bits per heavy atom. The summed E-state index contributed by atoms with van der Waals surface area (Å²) >= 11 is 0. The molecule has 71 heavy (non-hydrogen) atoms. The maximum absolute atomic E-state index is 12.7. The van der Waals surface area contributed by atoms with Crippen molar-refractivity contribution in [3.8, 4) is 0 Å². The lowest BCUT2D eigenvalue weighted by Crippen LogP contribution is -2.63. The Hall–Kier alpha value is -1.59. The first kappa shape index (κ1) is 54.2. The molecule has 406 valence electrons. The smallest absolute Gasteiger partial charge is 0.331 e. The Balaban J connectivity index is 0.761. The molecule has 4 saturated heterocycles. The lowest BCUT2D eigenvalue weighted by Gasteiger charge is -2.64. The highest BCUT2D eigenvalue weighted by atomic mass is 17.2. The number of methoxy groups -OCH3 is 2. The quantitative estimate of drug-likeness (QED) is 0.0446. The Morgan fingerprint density at radius 3 is 2.06 bits per heavy atom. The van der Waals surface area contributed by atoms with Crippen LogP contribution in [-0.4, -0.2) is 214 Å². The van der Waals surface area contributed by atoms with Crippen molar-refractivity contribution >= 4 is 5.97 Å². The highest BCUT2D eigenvalue weighted by Crippen LogP contribution is 2.70. The fraction of sp³-hybridized carbons (Fsp3) is 0.939. The van der Waals surface area contributed by atoms with Crippen LogP contribution in [-0.2, 0) is 61.9 Å². The molecule has 0 radical (unpaired) electrons. The third-order valence-electron chi connectivity index (χ3n) is 18.7. The number of aliphatic hydroxyl groups excluding tert-OH is 8. The molecule has 4 saturated carbocycles. The molecule has 8 fully saturated rings. The van der Waals surface area contributed by atoms with Gasteiger partial charge in [-0.2, -0.15) is 0 Å². The van der Waals surface area contributed by atoms with Gasteiger partial charge in [0.15, 0.2) is 18.9 Å². The Labute approximate surface area is 413 Å². The van der Waals surface area contributed by atoms with Crippen molar-refractivity contribution in [2.45, 2.75) is 220 Å². The molecule has 9 N–H and O–H groups in total. The van der Waals surface area contributed by atoms with E-state index in [9.17, 15) is 50.8 Å². The van der Waals surface area contributed by atoms with Crippen LogP contribution in [0.4, 0.5) is 0 Å². The lowest BCUT2D eigenvalue weighted by atomic mass is 9.43. The third-order valence-corrected chi connectivity index (χ3v) is 18.7. The first-order valence-electron chi connectivity index (χ1n) is 25.7. The second-order valence-electron chi connectivity index (χ2n) is 22.3. The Bertz CT molecular complexity index is 1860. The van der Waals surface area contributed by atoms with Gasteiger partial charge < -0.3 is 93.3 Å². The van der Waals surface area contributed by atoms with E-state index in [1.807, 2.05) is 6.92 Å². The normalized spacial score (nSPS) is 53.3. The van der Waals surface area contributed by atoms with E-state index in [0.717, 1.165) is 63.4 Å². The number of fused-ring (bicyclic) bond motifs is 5. The average Bonchev–Trinajstić information content (AvgIpc) is 3.90. The summed E-state index contributed by atoms with van der Waals surface area (Å²) in [4.78, 5) is 23.1. The van der Waals surface area contributed by atoms with Gasteiger partial charge in [-0.15, -0.1) is 0 Å². The Morgan fingerprint density at radius 2 is 1.37 bits per heavy atom. The summed E-state index contributed by atoms with van der Waals surface area (Å²) in [6, 6.07) is 0. The van der Waals surface area contributed by atoms with Gasteiger partial charge in [-0.05, 0) is 106 Å². The van der Waals surface area contributed by atoms with Crippen LogP contribution in [0.1, 0.15) is 91.9 Å². The highest BCUT2D eigenvalue weighted by Gasteiger charge is 2.68. The van der Waals surface area contributed by atoms with Gasteiger partial charge in [-0.25, -0.2) is 14.6 Å². The van der Waals surface area contributed by atoms with Crippen LogP contribution in [0.15, 0.2) is 11.6 Å². The fourth-order valence-electron chi connectivity index (χ4n) is 14.5. The summed E-state index contributed by atoms with van der Waals surface area (Å²) in [5.74, 6) is 0.939. The number of ether oxygens (including phenoxy) is 10. The summed E-state index contributed by atoms with van der Waals surface area (Å²) in [5, 5.41) is 96.4. The number of carbonyl (C=O) groups excluding carboxylic acids is 1. The van der Waals surface area contributed by atoms with Gasteiger partial charge in [0.05, 0.1) is 43.2 Å². The molecule has 5 heterocycles. The maximum atomic E-state index is 12.7. The largest absolute Gasteiger partial charge is 0.458 e. The van der Waals surface area contributed by atoms with Gasteiger partial charge >= 0.3 is 5.97 Å². The van der Waals surface area contributed by atoms with Crippen LogP contribution in [0.25, 0.3) is 0 Å². The fourth-order valence-corrected chi connectivity index (χ4v) is 14.5. The van der Waals surface area contributed by atoms with E-state index in [0.29, 0.717) is 24.9 Å². The van der Waals surface area contributed by atoms with Crippen molar-refractivity contribution in [2.75, 3.05) is 34.0 Å². The molecule has 0 aromatic heterocycles. The summed E-state index contributed by atoms with van der Waals surface area (Å²) in [5.41, 5.74) is 0.0557. The minimum atomic E-state index is -1.84. The van der Waals surface area contributed by atoms with Crippen LogP contribution >= 0.6 is 0 Å². The zero-order valence-corrected chi connectivity index (χ0v) is 41.5. The van der Waals surface area contributed by atoms with Crippen molar-refractivity contribution in [1.29, 1.82) is 0 Å². The molecule has 9 aliphatic rings. The molecule has 0 spiro atoms. The molecule has 0 unspecified atom stereocenters. The topological polar surface area (TPSA) is 310 Å². The molecule has 0 aromatic carbocycles. The molecule has 0 amide bonds. The summed E-state index contributed by atoms with van der Waals surface area (Å²) in [6.45, 7) is 7.23. The molecule has 0 aromatic rings. The molecule has 27 atom stereocenters. The van der Waals surface area contributed by atoms with E-state index in [-0.39, 0.29) is 34.7 Å². The van der Waals surface area contributed by atoms with Crippen molar-refractivity contribution in [2.24, 2.45) is 34.5 Å². The summed E-state index contributed by atoms with van der Waals surface area (Å²) < 4.78 is 59.2. The van der Waals surface area contributed by atoms with Crippen LogP contribution in [0.5, 0.6) is 0 Å². The highest BCUT2D eigenvalue weighted by molar-refractivity contribution is 5.85. The van der Waals surface area contributed by atoms with Crippen molar-refractivity contribution in [3.63, 3.8) is 0 Å². The second-order valence-corrected chi connectivity index (χ2v) is 22.3. The predicted molar refractivity (Wildman–Crippen MR) is 239 cm³/mol. The average molecular weight is 1020 g/mol. The van der Waals surface area contributed by atoms with Crippen LogP contribution in [0, 0.1) is 34.5 Å². The first-order valence-corrected chi connectivity index (χ1v) is 25.7. The number of carbonyl (C=O) groups is 1. The summed E-state index contributed by atoms with van der Waals surface area (Å²) in [6.07, 6.45) is -14.2. The number of cyclic esters (lactones) is 1. The van der Waals surface area contributed by atoms with Crippen molar-refractivity contribution in [3.05, 3.63) is 11.6 Å². The molecular formula is C49H78O22. The van der Waals surface area contributed by atoms with Gasteiger partial charge in [0, 0.05) is 32.1 Å². The van der Waals surface area contributed by atoms with Crippen molar-refractivity contribution in [1.82, 2.24) is 0 Å². The van der Waals surface area contributed by atoms with E-state index >= 15 is 0 Å². The Kier molecular flexibility index (Phi) is 16.4. The molecule has 22 heteroatoms. The number of hydrogen-bond donors (Lipinski definition) is 9. The van der Waals surface area contributed by atoms with E-state index < -0.39 is 136 Å². The predicted octanol–water partition coefficient (Wildman–Crippen LogP) is -0.775. The number of rotatable bonds is 14. The first-order chi connectivity index (χ1) is 33.8. The van der Waals surface area contributed by atoms with E-state index in [4.69, 9.17) is 57.1 Å². The minimum absolute atomic E-state index is 0.0217. The zero-order chi connectivity index (χ0) is 50.9. The maximum Gasteiger partial charge on any atom is 0.331 e. The number of aliphatic hydroxyl groups is 9. The monoisotopic (exact) mass is 1020 g/mol. The standard InChI is InChI=1S/C49H78O22/c1-21-41(69-45-40(58)43(61-6)42(22(2)65-45)70-71-46-39(57)37(55)35(53)31(68-46)20-63-44-38(56)36(54)34(52)30(18-50)67-44)29(60-5)17-33(64-21)66-25-9-12-47(3)24(16-25)7-8-28-27(47)10-13-48(4)26(11-14-49(28,48)59)23-15-32(51)62-19-23/h15,21-22,24-31,33-46,50,52-59H,7-14,16-20H2,1-6H3/t21-,22-,24-,25+,26-,27+,28-,29+,30-,31-,33+,34-,35-,36+,37+,38-,39-,40-,41-,42+,43-,44-,45+,46+,47+,48-,49+/m1/s1. The number of hydrogen-bond acceptors (Lipinski definition) is 22. The molecule has 5 aliphatic heterocycles. The lowest BCUT2D eigenvalue weighted by molar-refractivity contribution is -0.466. The van der Waals surface area contributed by atoms with Crippen LogP contribution in [0.3, 0.4) is 0 Å². The molecule has 0 bridgehead atoms. The minimum Gasteiger partial charge on any atom is -0.458 e. The van der Waals surface area contributed by atoms with E-state index in [1.165, 1.54) is 7.11 Å². The van der Waals surface area contributed by atoms with Crippen LogP contribution < -0.4 is 0 Å². The zero-order valence-electron chi connectivity index (χ0n) is 41.5. The van der Waals surface area contributed by atoms with Gasteiger partial charge in [0.1, 0.15) is 79.9 Å². The van der Waals surface area contributed by atoms with Gasteiger partial charge in [-0.3, -0.25) is 0 Å². The molecular weight excluding hydrogens is 941 g/mol. The van der Waals surface area contributed by atoms with Crippen LogP contribution in [0.2, 0.25) is 0 Å².